The number of hydrogen-bond acceptors (Lipinski definition) is 4. The number of nitrogens with one attached hydrogen (secondary N) is 1. The lowest BCUT2D eigenvalue weighted by atomic mass is 10.1. The van der Waals surface area contributed by atoms with E-state index in [2.05, 4.69) is 0 Å². The van der Waals surface area contributed by atoms with E-state index in [-0.39, 0.29) is 17.9 Å². The molecule has 0 radical (unpaired) electrons. The first-order valence-electron chi connectivity index (χ1n) is 6.47. The van der Waals surface area contributed by atoms with Crippen LogP contribution >= 0.6 is 0 Å². The number of halogens is 3. The van der Waals surface area contributed by atoms with Crippen LogP contribution in [0.2, 0.25) is 0 Å². The van der Waals surface area contributed by atoms with E-state index in [0.717, 1.165) is 4.57 Å². The number of aromatic carboxylic acids is 1. The zero-order valence-electron chi connectivity index (χ0n) is 12.6. The summed E-state index contributed by atoms with van der Waals surface area (Å²) in [6, 6.07) is 0. The van der Waals surface area contributed by atoms with E-state index < -0.39 is 41.9 Å². The molecular weight excluding hydrogens is 321 g/mol. The van der Waals surface area contributed by atoms with Crippen LogP contribution < -0.4 is 5.32 Å². The SMILES string of the molecule is CCOC(=O)Cn1c(C)c(C)c(C(=O)O)c1NC(=O)C(F)(F)F. The van der Waals surface area contributed by atoms with E-state index in [9.17, 15) is 32.7 Å². The van der Waals surface area contributed by atoms with Crippen molar-refractivity contribution >= 4 is 23.7 Å². The second-order valence-corrected chi connectivity index (χ2v) is 4.58. The Morgan fingerprint density at radius 2 is 1.83 bits per heavy atom. The van der Waals surface area contributed by atoms with Crippen LogP contribution in [-0.2, 0) is 20.9 Å². The van der Waals surface area contributed by atoms with Gasteiger partial charge >= 0.3 is 24.0 Å². The van der Waals surface area contributed by atoms with Crippen LogP contribution in [0.3, 0.4) is 0 Å². The lowest BCUT2D eigenvalue weighted by Gasteiger charge is -2.13. The van der Waals surface area contributed by atoms with Crippen LogP contribution in [0.25, 0.3) is 0 Å². The fourth-order valence-corrected chi connectivity index (χ4v) is 1.97. The largest absolute Gasteiger partial charge is 0.478 e. The van der Waals surface area contributed by atoms with Gasteiger partial charge in [-0.3, -0.25) is 9.59 Å². The summed E-state index contributed by atoms with van der Waals surface area (Å²) in [5.74, 6) is -5.23. The van der Waals surface area contributed by atoms with Gasteiger partial charge in [0.15, 0.2) is 0 Å². The van der Waals surface area contributed by atoms with Gasteiger partial charge in [-0.05, 0) is 26.3 Å². The predicted molar refractivity (Wildman–Crippen MR) is 72.2 cm³/mol. The Bertz CT molecular complexity index is 649. The third-order valence-electron chi connectivity index (χ3n) is 3.13. The van der Waals surface area contributed by atoms with Gasteiger partial charge < -0.3 is 19.7 Å². The Morgan fingerprint density at radius 1 is 1.26 bits per heavy atom. The van der Waals surface area contributed by atoms with Gasteiger partial charge in [0.25, 0.3) is 0 Å². The minimum atomic E-state index is -5.20. The van der Waals surface area contributed by atoms with E-state index in [0.29, 0.717) is 0 Å². The van der Waals surface area contributed by atoms with Crippen molar-refractivity contribution in [2.45, 2.75) is 33.5 Å². The minimum absolute atomic E-state index is 0.0498. The highest BCUT2D eigenvalue weighted by atomic mass is 19.4. The third-order valence-corrected chi connectivity index (χ3v) is 3.13. The quantitative estimate of drug-likeness (QED) is 0.800. The van der Waals surface area contributed by atoms with Crippen molar-refractivity contribution in [2.75, 3.05) is 11.9 Å². The van der Waals surface area contributed by atoms with Gasteiger partial charge in [0, 0.05) is 5.69 Å². The molecule has 0 aromatic carbocycles. The fraction of sp³-hybridized carbons (Fsp3) is 0.462. The van der Waals surface area contributed by atoms with Crippen LogP contribution in [0, 0.1) is 13.8 Å². The molecule has 0 saturated carbocycles. The highest BCUT2D eigenvalue weighted by Crippen LogP contribution is 2.29. The summed E-state index contributed by atoms with van der Waals surface area (Å²) in [6.07, 6.45) is -5.20. The zero-order chi connectivity index (χ0) is 17.9. The Kier molecular flexibility index (Phi) is 5.41. The molecule has 1 aromatic rings. The standard InChI is InChI=1S/C13H15F3N2O5/c1-4-23-8(19)5-18-7(3)6(2)9(11(20)21)10(18)17-12(22)13(14,15)16/h4-5H2,1-3H3,(H,17,22)(H,20,21). The topological polar surface area (TPSA) is 97.6 Å². The number of esters is 1. The summed E-state index contributed by atoms with van der Waals surface area (Å²) in [5, 5.41) is 10.7. The van der Waals surface area contributed by atoms with Gasteiger partial charge in [-0.2, -0.15) is 13.2 Å². The zero-order valence-corrected chi connectivity index (χ0v) is 12.6. The number of rotatable bonds is 5. The summed E-state index contributed by atoms with van der Waals surface area (Å²) in [7, 11) is 0. The molecule has 0 aliphatic heterocycles. The normalized spacial score (nSPS) is 11.2. The second-order valence-electron chi connectivity index (χ2n) is 4.58. The number of aromatic nitrogens is 1. The molecule has 0 bridgehead atoms. The molecule has 7 nitrogen and oxygen atoms in total. The molecule has 0 fully saturated rings. The highest BCUT2D eigenvalue weighted by molar-refractivity contribution is 6.03. The predicted octanol–water partition coefficient (Wildman–Crippen LogP) is 1.87. The lowest BCUT2D eigenvalue weighted by Crippen LogP contribution is -2.32. The fourth-order valence-electron chi connectivity index (χ4n) is 1.97. The summed E-state index contributed by atoms with van der Waals surface area (Å²) in [6.45, 7) is 3.85. The van der Waals surface area contributed by atoms with Crippen LogP contribution in [0.1, 0.15) is 28.5 Å². The van der Waals surface area contributed by atoms with Crippen molar-refractivity contribution in [1.29, 1.82) is 0 Å². The minimum Gasteiger partial charge on any atom is -0.478 e. The van der Waals surface area contributed by atoms with Crippen molar-refractivity contribution in [3.05, 3.63) is 16.8 Å². The first-order valence-corrected chi connectivity index (χ1v) is 6.47. The van der Waals surface area contributed by atoms with Crippen LogP contribution in [0.15, 0.2) is 0 Å². The molecular formula is C13H15F3N2O5. The van der Waals surface area contributed by atoms with E-state index in [4.69, 9.17) is 4.74 Å². The van der Waals surface area contributed by atoms with Gasteiger partial charge in [0.1, 0.15) is 17.9 Å². The molecule has 1 aromatic heterocycles. The first kappa shape index (κ1) is 18.5. The average Bonchev–Trinajstić information content (AvgIpc) is 2.62. The Hall–Kier alpha value is -2.52. The van der Waals surface area contributed by atoms with Gasteiger partial charge in [0.2, 0.25) is 0 Å². The molecule has 0 unspecified atom stereocenters. The van der Waals surface area contributed by atoms with Crippen molar-refractivity contribution < 1.29 is 37.4 Å². The van der Waals surface area contributed by atoms with Gasteiger partial charge in [-0.25, -0.2) is 4.79 Å². The molecule has 0 spiro atoms. The maximum Gasteiger partial charge on any atom is 0.471 e. The number of amides is 1. The molecule has 0 atom stereocenters. The molecule has 0 aliphatic carbocycles. The van der Waals surface area contributed by atoms with Gasteiger partial charge in [-0.1, -0.05) is 0 Å². The molecule has 2 N–H and O–H groups in total. The number of ether oxygens (including phenoxy) is 1. The third kappa shape index (κ3) is 4.02. The number of carboxylic acids is 1. The smallest absolute Gasteiger partial charge is 0.471 e. The summed E-state index contributed by atoms with van der Waals surface area (Å²) in [5.41, 5.74) is -0.142. The highest BCUT2D eigenvalue weighted by Gasteiger charge is 2.40. The molecule has 23 heavy (non-hydrogen) atoms. The molecule has 10 heteroatoms. The summed E-state index contributed by atoms with van der Waals surface area (Å²) in [4.78, 5) is 34.0. The number of anilines is 1. The average molecular weight is 336 g/mol. The maximum absolute atomic E-state index is 12.4. The Morgan fingerprint density at radius 3 is 2.26 bits per heavy atom. The number of carbonyl (C=O) groups is 3. The maximum atomic E-state index is 12.4. The van der Waals surface area contributed by atoms with Crippen LogP contribution in [0.5, 0.6) is 0 Å². The molecule has 0 aliphatic rings. The molecule has 0 saturated heterocycles. The van der Waals surface area contributed by atoms with Crippen molar-refractivity contribution in [1.82, 2.24) is 4.57 Å². The van der Waals surface area contributed by atoms with Crippen molar-refractivity contribution in [2.24, 2.45) is 0 Å². The van der Waals surface area contributed by atoms with Gasteiger partial charge in [-0.15, -0.1) is 0 Å². The van der Waals surface area contributed by atoms with E-state index >= 15 is 0 Å². The Labute approximate surface area is 129 Å². The van der Waals surface area contributed by atoms with Crippen LogP contribution in [0.4, 0.5) is 19.0 Å². The summed E-state index contributed by atoms with van der Waals surface area (Å²) >= 11 is 0. The number of hydrogen-bond donors (Lipinski definition) is 2. The molecule has 128 valence electrons. The monoisotopic (exact) mass is 336 g/mol. The van der Waals surface area contributed by atoms with Gasteiger partial charge in [0.05, 0.1) is 6.61 Å². The Balaban J connectivity index is 3.38. The lowest BCUT2D eigenvalue weighted by molar-refractivity contribution is -0.167. The summed E-state index contributed by atoms with van der Waals surface area (Å²) < 4.78 is 43.0. The van der Waals surface area contributed by atoms with Crippen LogP contribution in [-0.4, -0.2) is 40.3 Å². The van der Waals surface area contributed by atoms with Crippen molar-refractivity contribution in [3.63, 3.8) is 0 Å². The number of alkyl halides is 3. The first-order chi connectivity index (χ1) is 10.5. The number of carbonyl (C=O) groups excluding carboxylic acids is 2. The van der Waals surface area contributed by atoms with E-state index in [1.165, 1.54) is 19.2 Å². The number of nitrogens with zero attached hydrogens (tertiary/aromatic N) is 1. The van der Waals surface area contributed by atoms with Crippen molar-refractivity contribution in [3.8, 4) is 0 Å². The second kappa shape index (κ2) is 6.71. The molecule has 1 amide bonds. The number of carboxylic acid groups (broad SMARTS) is 1. The van der Waals surface area contributed by atoms with E-state index in [1.54, 1.807) is 6.92 Å². The van der Waals surface area contributed by atoms with E-state index in [1.807, 2.05) is 0 Å². The molecule has 1 rings (SSSR count). The molecule has 1 heterocycles.